The van der Waals surface area contributed by atoms with Gasteiger partial charge in [0.25, 0.3) is 0 Å². The zero-order chi connectivity index (χ0) is 18.1. The minimum absolute atomic E-state index is 0.0772. The molecule has 2 N–H and O–H groups in total. The molecule has 140 valence electrons. The second-order valence-electron chi connectivity index (χ2n) is 6.55. The number of H-pyrrole nitrogens is 1. The second kappa shape index (κ2) is 6.98. The standard InChI is InChI=1S/C17H23N5O3S/c1-2-26(23,24)20-8-6-15-21-14-10-19-17-13(5-7-18-17)16(14)22(15)12-4-3-9-25-11-12/h5,7,10,12,20H,2-4,6,8-9,11H2,1H3,(H,18,19)/t12-/m0/s1. The third kappa shape index (κ3) is 3.22. The molecule has 1 atom stereocenters. The topological polar surface area (TPSA) is 102 Å². The molecule has 4 rings (SSSR count). The fourth-order valence-electron chi connectivity index (χ4n) is 3.56. The van der Waals surface area contributed by atoms with Gasteiger partial charge in [-0.25, -0.2) is 23.1 Å². The number of rotatable bonds is 6. The Bertz CT molecular complexity index is 1020. The summed E-state index contributed by atoms with van der Waals surface area (Å²) in [6, 6.07) is 2.21. The van der Waals surface area contributed by atoms with Crippen LogP contribution in [0.3, 0.4) is 0 Å². The number of pyridine rings is 1. The number of hydrogen-bond acceptors (Lipinski definition) is 5. The molecule has 0 radical (unpaired) electrons. The van der Waals surface area contributed by atoms with Crippen LogP contribution < -0.4 is 4.72 Å². The quantitative estimate of drug-likeness (QED) is 0.681. The lowest BCUT2D eigenvalue weighted by atomic mass is 10.1. The minimum atomic E-state index is -3.21. The molecule has 1 fully saturated rings. The summed E-state index contributed by atoms with van der Waals surface area (Å²) in [6.45, 7) is 3.39. The largest absolute Gasteiger partial charge is 0.379 e. The van der Waals surface area contributed by atoms with E-state index in [1.807, 2.05) is 12.3 Å². The van der Waals surface area contributed by atoms with Gasteiger partial charge in [-0.15, -0.1) is 0 Å². The van der Waals surface area contributed by atoms with Crippen molar-refractivity contribution in [2.75, 3.05) is 25.5 Å². The van der Waals surface area contributed by atoms with E-state index in [1.54, 1.807) is 13.1 Å². The molecule has 4 heterocycles. The van der Waals surface area contributed by atoms with Crippen molar-refractivity contribution < 1.29 is 13.2 Å². The average Bonchev–Trinajstić information content (AvgIpc) is 3.26. The first-order valence-electron chi connectivity index (χ1n) is 8.97. The van der Waals surface area contributed by atoms with Gasteiger partial charge in [0.05, 0.1) is 30.1 Å². The van der Waals surface area contributed by atoms with E-state index in [2.05, 4.69) is 19.3 Å². The SMILES string of the molecule is CCS(=O)(=O)NCCc1nc2cnc3[nH]ccc3c2n1[C@H]1CCCOC1. The smallest absolute Gasteiger partial charge is 0.211 e. The van der Waals surface area contributed by atoms with Gasteiger partial charge in [0.15, 0.2) is 0 Å². The number of aromatic amines is 1. The Kier molecular flexibility index (Phi) is 4.68. The first-order chi connectivity index (χ1) is 12.6. The van der Waals surface area contributed by atoms with Crippen LogP contribution in [0.1, 0.15) is 31.6 Å². The highest BCUT2D eigenvalue weighted by Crippen LogP contribution is 2.31. The Labute approximate surface area is 152 Å². The highest BCUT2D eigenvalue weighted by Gasteiger charge is 2.23. The van der Waals surface area contributed by atoms with Gasteiger partial charge in [-0.1, -0.05) is 0 Å². The third-order valence-corrected chi connectivity index (χ3v) is 6.26. The third-order valence-electron chi connectivity index (χ3n) is 4.86. The van der Waals surface area contributed by atoms with Crippen molar-refractivity contribution in [2.45, 2.75) is 32.2 Å². The molecule has 0 bridgehead atoms. The predicted molar refractivity (Wildman–Crippen MR) is 99.6 cm³/mol. The lowest BCUT2D eigenvalue weighted by Gasteiger charge is -2.26. The normalized spacial score (nSPS) is 18.7. The molecule has 0 saturated carbocycles. The molecule has 0 amide bonds. The number of imidazole rings is 1. The number of aromatic nitrogens is 4. The molecule has 0 unspecified atom stereocenters. The molecule has 0 spiro atoms. The summed E-state index contributed by atoms with van der Waals surface area (Å²) in [4.78, 5) is 12.3. The van der Waals surface area contributed by atoms with E-state index < -0.39 is 10.0 Å². The fraction of sp³-hybridized carbons (Fsp3) is 0.529. The summed E-state index contributed by atoms with van der Waals surface area (Å²) in [7, 11) is -3.21. The van der Waals surface area contributed by atoms with Gasteiger partial charge in [0, 0.05) is 31.2 Å². The number of sulfonamides is 1. The highest BCUT2D eigenvalue weighted by molar-refractivity contribution is 7.89. The van der Waals surface area contributed by atoms with Crippen LogP contribution in [0.2, 0.25) is 0 Å². The Morgan fingerprint density at radius 3 is 3.12 bits per heavy atom. The first kappa shape index (κ1) is 17.4. The van der Waals surface area contributed by atoms with E-state index in [0.29, 0.717) is 19.6 Å². The van der Waals surface area contributed by atoms with Crippen LogP contribution in [-0.2, 0) is 21.2 Å². The maximum Gasteiger partial charge on any atom is 0.211 e. The zero-order valence-electron chi connectivity index (χ0n) is 14.7. The molecule has 3 aromatic rings. The van der Waals surface area contributed by atoms with Gasteiger partial charge in [-0.2, -0.15) is 0 Å². The monoisotopic (exact) mass is 377 g/mol. The lowest BCUT2D eigenvalue weighted by Crippen LogP contribution is -2.29. The van der Waals surface area contributed by atoms with Crippen molar-refractivity contribution in [1.82, 2.24) is 24.2 Å². The molecule has 1 aliphatic rings. The van der Waals surface area contributed by atoms with Crippen molar-refractivity contribution in [3.8, 4) is 0 Å². The van der Waals surface area contributed by atoms with Crippen molar-refractivity contribution in [1.29, 1.82) is 0 Å². The Hall–Kier alpha value is -1.97. The van der Waals surface area contributed by atoms with Gasteiger partial charge in [0.1, 0.15) is 17.0 Å². The van der Waals surface area contributed by atoms with E-state index in [-0.39, 0.29) is 11.8 Å². The summed E-state index contributed by atoms with van der Waals surface area (Å²) in [5.74, 6) is 0.943. The van der Waals surface area contributed by atoms with E-state index in [4.69, 9.17) is 9.72 Å². The van der Waals surface area contributed by atoms with Crippen LogP contribution in [-0.4, -0.2) is 53.4 Å². The lowest BCUT2D eigenvalue weighted by molar-refractivity contribution is 0.0596. The molecule has 0 aliphatic carbocycles. The molecular formula is C17H23N5O3S. The van der Waals surface area contributed by atoms with Crippen LogP contribution in [0.15, 0.2) is 18.5 Å². The maximum atomic E-state index is 11.7. The van der Waals surface area contributed by atoms with Crippen molar-refractivity contribution >= 4 is 32.1 Å². The molecule has 1 aliphatic heterocycles. The van der Waals surface area contributed by atoms with Gasteiger partial charge in [-0.05, 0) is 25.8 Å². The predicted octanol–water partition coefficient (Wildman–Crippen LogP) is 1.75. The fourth-order valence-corrected chi connectivity index (χ4v) is 4.17. The Morgan fingerprint density at radius 2 is 2.35 bits per heavy atom. The minimum Gasteiger partial charge on any atom is -0.379 e. The molecule has 9 heteroatoms. The van der Waals surface area contributed by atoms with Gasteiger partial charge >= 0.3 is 0 Å². The summed E-state index contributed by atoms with van der Waals surface area (Å²) in [6.07, 6.45) is 6.20. The number of nitrogens with zero attached hydrogens (tertiary/aromatic N) is 3. The van der Waals surface area contributed by atoms with E-state index >= 15 is 0 Å². The van der Waals surface area contributed by atoms with Crippen LogP contribution >= 0.6 is 0 Å². The Morgan fingerprint density at radius 1 is 1.46 bits per heavy atom. The number of nitrogens with one attached hydrogen (secondary N) is 2. The molecule has 26 heavy (non-hydrogen) atoms. The summed E-state index contributed by atoms with van der Waals surface area (Å²) < 4.78 is 34.0. The van der Waals surface area contributed by atoms with Crippen LogP contribution in [0.5, 0.6) is 0 Å². The van der Waals surface area contributed by atoms with E-state index in [0.717, 1.165) is 47.3 Å². The molecule has 8 nitrogen and oxygen atoms in total. The molecule has 0 aromatic carbocycles. The second-order valence-corrected chi connectivity index (χ2v) is 8.64. The van der Waals surface area contributed by atoms with Gasteiger partial charge in [0.2, 0.25) is 10.0 Å². The average molecular weight is 377 g/mol. The maximum absolute atomic E-state index is 11.7. The van der Waals surface area contributed by atoms with Crippen molar-refractivity contribution in [2.24, 2.45) is 0 Å². The van der Waals surface area contributed by atoms with Gasteiger partial charge in [-0.3, -0.25) is 0 Å². The van der Waals surface area contributed by atoms with Crippen LogP contribution in [0, 0.1) is 0 Å². The number of fused-ring (bicyclic) bond motifs is 3. The van der Waals surface area contributed by atoms with Crippen molar-refractivity contribution in [3.63, 3.8) is 0 Å². The number of hydrogen-bond donors (Lipinski definition) is 2. The van der Waals surface area contributed by atoms with E-state index in [9.17, 15) is 8.42 Å². The molecular weight excluding hydrogens is 354 g/mol. The van der Waals surface area contributed by atoms with Gasteiger partial charge < -0.3 is 14.3 Å². The van der Waals surface area contributed by atoms with E-state index in [1.165, 1.54) is 0 Å². The summed E-state index contributed by atoms with van der Waals surface area (Å²) in [5.41, 5.74) is 2.70. The highest BCUT2D eigenvalue weighted by atomic mass is 32.2. The zero-order valence-corrected chi connectivity index (χ0v) is 15.6. The van der Waals surface area contributed by atoms with Crippen LogP contribution in [0.25, 0.3) is 22.1 Å². The first-order valence-corrected chi connectivity index (χ1v) is 10.6. The van der Waals surface area contributed by atoms with Crippen molar-refractivity contribution in [3.05, 3.63) is 24.3 Å². The molecule has 1 saturated heterocycles. The number of ether oxygens (including phenoxy) is 1. The van der Waals surface area contributed by atoms with Crippen LogP contribution in [0.4, 0.5) is 0 Å². The molecule has 3 aromatic heterocycles. The Balaban J connectivity index is 1.75. The summed E-state index contributed by atoms with van der Waals surface area (Å²) >= 11 is 0. The summed E-state index contributed by atoms with van der Waals surface area (Å²) in [5, 5.41) is 1.03.